The highest BCUT2D eigenvalue weighted by molar-refractivity contribution is 7.09. The van der Waals surface area contributed by atoms with Crippen LogP contribution >= 0.6 is 11.3 Å². The van der Waals surface area contributed by atoms with E-state index in [-0.39, 0.29) is 18.2 Å². The van der Waals surface area contributed by atoms with E-state index in [1.807, 2.05) is 18.4 Å². The van der Waals surface area contributed by atoms with Crippen molar-refractivity contribution in [1.29, 1.82) is 0 Å². The van der Waals surface area contributed by atoms with E-state index in [9.17, 15) is 14.0 Å². The van der Waals surface area contributed by atoms with Crippen molar-refractivity contribution in [3.63, 3.8) is 0 Å². The maximum atomic E-state index is 12.9. The predicted molar refractivity (Wildman–Crippen MR) is 103 cm³/mol. The Bertz CT molecular complexity index is 954. The van der Waals surface area contributed by atoms with Crippen LogP contribution in [0.15, 0.2) is 53.9 Å². The van der Waals surface area contributed by atoms with Crippen LogP contribution in [0.4, 0.5) is 10.1 Å². The van der Waals surface area contributed by atoms with Gasteiger partial charge in [0.05, 0.1) is 17.1 Å². The van der Waals surface area contributed by atoms with Gasteiger partial charge in [-0.3, -0.25) is 9.59 Å². The van der Waals surface area contributed by atoms with Crippen molar-refractivity contribution in [3.05, 3.63) is 81.6 Å². The van der Waals surface area contributed by atoms with Gasteiger partial charge < -0.3 is 10.6 Å². The zero-order valence-electron chi connectivity index (χ0n) is 14.7. The van der Waals surface area contributed by atoms with Crippen LogP contribution in [0.1, 0.15) is 26.6 Å². The minimum Gasteiger partial charge on any atom is -0.352 e. The first-order chi connectivity index (χ1) is 13.0. The van der Waals surface area contributed by atoms with Crippen molar-refractivity contribution in [2.45, 2.75) is 19.9 Å². The second-order valence-electron chi connectivity index (χ2n) is 5.97. The van der Waals surface area contributed by atoms with Crippen molar-refractivity contribution >= 4 is 28.8 Å². The number of carbonyl (C=O) groups is 2. The van der Waals surface area contributed by atoms with E-state index in [0.29, 0.717) is 17.8 Å². The van der Waals surface area contributed by atoms with Crippen molar-refractivity contribution in [3.8, 4) is 0 Å². The number of halogens is 1. The number of aromatic nitrogens is 1. The highest BCUT2D eigenvalue weighted by Crippen LogP contribution is 2.13. The van der Waals surface area contributed by atoms with E-state index in [2.05, 4.69) is 15.6 Å². The highest BCUT2D eigenvalue weighted by Gasteiger charge is 2.08. The van der Waals surface area contributed by atoms with Crippen molar-refractivity contribution in [2.75, 3.05) is 5.32 Å². The maximum Gasteiger partial charge on any atom is 0.255 e. The molecule has 0 aliphatic heterocycles. The molecule has 0 atom stereocenters. The third kappa shape index (κ3) is 5.46. The number of hydrogen-bond acceptors (Lipinski definition) is 4. The number of benzene rings is 2. The van der Waals surface area contributed by atoms with E-state index in [0.717, 1.165) is 16.3 Å². The number of nitrogens with one attached hydrogen (secondary N) is 2. The summed E-state index contributed by atoms with van der Waals surface area (Å²) in [4.78, 5) is 28.5. The average molecular weight is 383 g/mol. The maximum absolute atomic E-state index is 12.9. The summed E-state index contributed by atoms with van der Waals surface area (Å²) >= 11 is 1.52. The molecule has 2 N–H and O–H groups in total. The summed E-state index contributed by atoms with van der Waals surface area (Å²) in [5.74, 6) is -0.826. The molecule has 0 aliphatic carbocycles. The number of thiazole rings is 1. The summed E-state index contributed by atoms with van der Waals surface area (Å²) in [5, 5.41) is 8.42. The summed E-state index contributed by atoms with van der Waals surface area (Å²) in [5.41, 5.74) is 2.59. The van der Waals surface area contributed by atoms with Gasteiger partial charge in [0.15, 0.2) is 0 Å². The van der Waals surface area contributed by atoms with Crippen LogP contribution in [-0.4, -0.2) is 16.8 Å². The van der Waals surface area contributed by atoms with Gasteiger partial charge in [-0.25, -0.2) is 9.37 Å². The Balaban J connectivity index is 1.56. The third-order valence-electron chi connectivity index (χ3n) is 3.79. The lowest BCUT2D eigenvalue weighted by atomic mass is 10.1. The molecule has 0 aliphatic rings. The molecule has 0 bridgehead atoms. The summed E-state index contributed by atoms with van der Waals surface area (Å²) in [6, 6.07) is 12.5. The van der Waals surface area contributed by atoms with Crippen LogP contribution in [0, 0.1) is 12.7 Å². The number of nitrogens with zero attached hydrogens (tertiary/aromatic N) is 1. The van der Waals surface area contributed by atoms with Crippen LogP contribution < -0.4 is 10.6 Å². The van der Waals surface area contributed by atoms with E-state index in [1.165, 1.54) is 35.6 Å². The fraction of sp³-hybridized carbons (Fsp3) is 0.150. The largest absolute Gasteiger partial charge is 0.352 e. The van der Waals surface area contributed by atoms with Crippen LogP contribution in [-0.2, 0) is 17.8 Å². The first-order valence-corrected chi connectivity index (χ1v) is 9.21. The van der Waals surface area contributed by atoms with Gasteiger partial charge in [-0.2, -0.15) is 0 Å². The molecule has 0 spiro atoms. The molecule has 2 amide bonds. The normalized spacial score (nSPS) is 10.4. The Morgan fingerprint density at radius 2 is 1.93 bits per heavy atom. The van der Waals surface area contributed by atoms with Crippen LogP contribution in [0.3, 0.4) is 0 Å². The lowest BCUT2D eigenvalue weighted by molar-refractivity contribution is -0.120. The zero-order chi connectivity index (χ0) is 19.2. The van der Waals surface area contributed by atoms with E-state index in [1.54, 1.807) is 18.2 Å². The molecular formula is C20H18FN3O2S. The van der Waals surface area contributed by atoms with Gasteiger partial charge in [-0.1, -0.05) is 12.1 Å². The Kier molecular flexibility index (Phi) is 5.93. The second-order valence-corrected chi connectivity index (χ2v) is 7.03. The summed E-state index contributed by atoms with van der Waals surface area (Å²) in [7, 11) is 0. The monoisotopic (exact) mass is 383 g/mol. The summed E-state index contributed by atoms with van der Waals surface area (Å²) in [6.45, 7) is 2.25. The zero-order valence-corrected chi connectivity index (χ0v) is 15.5. The molecule has 0 radical (unpaired) electrons. The van der Waals surface area contributed by atoms with Crippen molar-refractivity contribution < 1.29 is 14.0 Å². The Hall–Kier alpha value is -3.06. The van der Waals surface area contributed by atoms with Gasteiger partial charge in [0.2, 0.25) is 5.91 Å². The Labute approximate surface area is 160 Å². The van der Waals surface area contributed by atoms with Gasteiger partial charge in [0.25, 0.3) is 5.91 Å². The number of carbonyl (C=O) groups excluding carboxylic acids is 2. The fourth-order valence-corrected chi connectivity index (χ4v) is 3.09. The summed E-state index contributed by atoms with van der Waals surface area (Å²) < 4.78 is 12.9. The molecule has 138 valence electrons. The minimum atomic E-state index is -0.392. The SMILES string of the molecule is Cc1nc(CC(=O)NCc2cccc(NC(=O)c3ccc(F)cc3)c2)cs1. The van der Waals surface area contributed by atoms with Gasteiger partial charge >= 0.3 is 0 Å². The van der Waals surface area contributed by atoms with Crippen LogP contribution in [0.5, 0.6) is 0 Å². The second kappa shape index (κ2) is 8.55. The van der Waals surface area contributed by atoms with Gasteiger partial charge in [0, 0.05) is 23.2 Å². The quantitative estimate of drug-likeness (QED) is 0.682. The van der Waals surface area contributed by atoms with E-state index >= 15 is 0 Å². The topological polar surface area (TPSA) is 71.1 Å². The van der Waals surface area contributed by atoms with Crippen LogP contribution in [0.25, 0.3) is 0 Å². The molecular weight excluding hydrogens is 365 g/mol. The van der Waals surface area contributed by atoms with Crippen molar-refractivity contribution in [1.82, 2.24) is 10.3 Å². The van der Waals surface area contributed by atoms with Gasteiger partial charge in [-0.05, 0) is 48.9 Å². The first-order valence-electron chi connectivity index (χ1n) is 8.33. The van der Waals surface area contributed by atoms with E-state index in [4.69, 9.17) is 0 Å². The number of rotatable bonds is 6. The Morgan fingerprint density at radius 1 is 1.15 bits per heavy atom. The van der Waals surface area contributed by atoms with Crippen molar-refractivity contribution in [2.24, 2.45) is 0 Å². The predicted octanol–water partition coefficient (Wildman–Crippen LogP) is 3.70. The lowest BCUT2D eigenvalue weighted by Gasteiger charge is -2.09. The smallest absolute Gasteiger partial charge is 0.255 e. The van der Waals surface area contributed by atoms with Gasteiger partial charge in [-0.15, -0.1) is 11.3 Å². The number of aryl methyl sites for hydroxylation is 1. The molecule has 1 heterocycles. The molecule has 0 fully saturated rings. The molecule has 3 rings (SSSR count). The molecule has 0 saturated carbocycles. The average Bonchev–Trinajstić information content (AvgIpc) is 3.05. The van der Waals surface area contributed by atoms with Crippen LogP contribution in [0.2, 0.25) is 0 Å². The Morgan fingerprint density at radius 3 is 2.63 bits per heavy atom. The molecule has 0 saturated heterocycles. The number of anilines is 1. The molecule has 3 aromatic rings. The van der Waals surface area contributed by atoms with Gasteiger partial charge in [0.1, 0.15) is 5.82 Å². The summed E-state index contributed by atoms with van der Waals surface area (Å²) in [6.07, 6.45) is 0.241. The number of hydrogen-bond donors (Lipinski definition) is 2. The first kappa shape index (κ1) is 18.7. The minimum absolute atomic E-state index is 0.110. The third-order valence-corrected chi connectivity index (χ3v) is 4.61. The fourth-order valence-electron chi connectivity index (χ4n) is 2.48. The molecule has 1 aromatic heterocycles. The molecule has 27 heavy (non-hydrogen) atoms. The number of amides is 2. The van der Waals surface area contributed by atoms with E-state index < -0.39 is 5.82 Å². The molecule has 7 heteroatoms. The molecule has 0 unspecified atom stereocenters. The highest BCUT2D eigenvalue weighted by atomic mass is 32.1. The standard InChI is InChI=1S/C20H18FN3O2S/c1-13-23-18(12-27-13)10-19(25)22-11-14-3-2-4-17(9-14)24-20(26)15-5-7-16(21)8-6-15/h2-9,12H,10-11H2,1H3,(H,22,25)(H,24,26). The molecule has 5 nitrogen and oxygen atoms in total. The lowest BCUT2D eigenvalue weighted by Crippen LogP contribution is -2.24. The molecule has 2 aromatic carbocycles.